The number of rotatable bonds is 0. The van der Waals surface area contributed by atoms with Crippen molar-refractivity contribution in [2.75, 3.05) is 0 Å². The van der Waals surface area contributed by atoms with Crippen LogP contribution in [0.2, 0.25) is 0 Å². The van der Waals surface area contributed by atoms with Gasteiger partial charge in [-0.3, -0.25) is 4.99 Å². The third-order valence-electron chi connectivity index (χ3n) is 3.10. The van der Waals surface area contributed by atoms with Gasteiger partial charge in [-0.05, 0) is 5.39 Å². The molecular weight excluding hydrogens is 196 g/mol. The summed E-state index contributed by atoms with van der Waals surface area (Å²) >= 11 is 0. The van der Waals surface area contributed by atoms with E-state index in [1.54, 1.807) is 0 Å². The number of hydrogen-bond donors (Lipinski definition) is 0. The highest BCUT2D eigenvalue weighted by atomic mass is 14.9. The molecule has 0 aliphatic carbocycles. The Morgan fingerprint density at radius 2 is 1.88 bits per heavy atom. The van der Waals surface area contributed by atoms with Crippen LogP contribution in [0.4, 0.5) is 5.69 Å². The summed E-state index contributed by atoms with van der Waals surface area (Å²) < 4.78 is 0. The summed E-state index contributed by atoms with van der Waals surface area (Å²) in [6, 6.07) is 12.6. The van der Waals surface area contributed by atoms with Crippen molar-refractivity contribution >= 4 is 34.0 Å². The fraction of sp³-hybridized carbons (Fsp3) is 0. The first-order valence-electron chi connectivity index (χ1n) is 5.28. The second-order valence-corrected chi connectivity index (χ2v) is 4.00. The topological polar surface area (TPSA) is 24.7 Å². The summed E-state index contributed by atoms with van der Waals surface area (Å²) in [5.74, 6) is 0. The van der Waals surface area contributed by atoms with Crippen LogP contribution in [-0.4, -0.2) is 11.9 Å². The second-order valence-electron chi connectivity index (χ2n) is 4.00. The van der Waals surface area contributed by atoms with E-state index in [1.807, 2.05) is 12.4 Å². The van der Waals surface area contributed by atoms with Gasteiger partial charge >= 0.3 is 0 Å². The summed E-state index contributed by atoms with van der Waals surface area (Å²) in [4.78, 5) is 8.77. The van der Waals surface area contributed by atoms with E-state index in [0.29, 0.717) is 0 Å². The molecule has 0 amide bonds. The quantitative estimate of drug-likeness (QED) is 0.628. The molecule has 16 heavy (non-hydrogen) atoms. The largest absolute Gasteiger partial charge is 0.262 e. The minimum Gasteiger partial charge on any atom is -0.262 e. The number of benzene rings is 2. The van der Waals surface area contributed by atoms with Gasteiger partial charge in [-0.2, -0.15) is 0 Å². The van der Waals surface area contributed by atoms with Crippen LogP contribution in [0.25, 0.3) is 16.3 Å². The van der Waals surface area contributed by atoms with E-state index in [2.05, 4.69) is 46.4 Å². The van der Waals surface area contributed by atoms with Crippen molar-refractivity contribution in [2.24, 2.45) is 9.98 Å². The number of hydrogen-bond acceptors (Lipinski definition) is 2. The maximum atomic E-state index is 4.64. The Labute approximate surface area is 92.7 Å². The fourth-order valence-electron chi connectivity index (χ4n) is 2.33. The first-order valence-corrected chi connectivity index (χ1v) is 5.28. The standard InChI is InChI=1S/C14H8N2/c1-2-4-10-9(3-1)5-6-11-12-7-15-8-13(12)16-14(10)11/h1-8H. The predicted octanol–water partition coefficient (Wildman–Crippen LogP) is 3.35. The van der Waals surface area contributed by atoms with Crippen LogP contribution in [0.3, 0.4) is 0 Å². The molecule has 74 valence electrons. The van der Waals surface area contributed by atoms with Crippen LogP contribution in [0.5, 0.6) is 0 Å². The monoisotopic (exact) mass is 204 g/mol. The Hall–Kier alpha value is -2.22. The molecule has 2 heteroatoms. The van der Waals surface area contributed by atoms with Gasteiger partial charge in [0.15, 0.2) is 0 Å². The third-order valence-corrected chi connectivity index (χ3v) is 3.10. The normalized spacial score (nSPS) is 16.0. The van der Waals surface area contributed by atoms with Crippen molar-refractivity contribution < 1.29 is 0 Å². The first-order chi connectivity index (χ1) is 7.93. The molecule has 0 bridgehead atoms. The van der Waals surface area contributed by atoms with Crippen LogP contribution in [0, 0.1) is 0 Å². The highest BCUT2D eigenvalue weighted by Gasteiger charge is 2.23. The van der Waals surface area contributed by atoms with Gasteiger partial charge in [0.05, 0.1) is 17.6 Å². The first kappa shape index (κ1) is 7.99. The minimum absolute atomic E-state index is 0.992. The molecule has 0 atom stereocenters. The van der Waals surface area contributed by atoms with Crippen molar-refractivity contribution in [3.63, 3.8) is 0 Å². The number of allylic oxidation sites excluding steroid dienone is 1. The van der Waals surface area contributed by atoms with Gasteiger partial charge in [-0.1, -0.05) is 36.4 Å². The maximum Gasteiger partial charge on any atom is 0.0914 e. The average Bonchev–Trinajstić information content (AvgIpc) is 2.88. The van der Waals surface area contributed by atoms with Crippen molar-refractivity contribution in [1.82, 2.24) is 0 Å². The highest BCUT2D eigenvalue weighted by molar-refractivity contribution is 6.55. The molecule has 0 unspecified atom stereocenters. The Morgan fingerprint density at radius 3 is 2.88 bits per heavy atom. The Morgan fingerprint density at radius 1 is 0.938 bits per heavy atom. The van der Waals surface area contributed by atoms with Crippen LogP contribution in [-0.2, 0) is 0 Å². The molecule has 0 saturated carbocycles. The molecule has 0 saturated heterocycles. The summed E-state index contributed by atoms with van der Waals surface area (Å²) in [5.41, 5.74) is 4.43. The average molecular weight is 204 g/mol. The molecule has 4 rings (SSSR count). The molecule has 0 N–H and O–H groups in total. The van der Waals surface area contributed by atoms with Crippen molar-refractivity contribution in [3.8, 4) is 0 Å². The molecular formula is C14H8N2. The minimum atomic E-state index is 0.992. The summed E-state index contributed by atoms with van der Waals surface area (Å²) in [5, 5.41) is 2.46. The fourth-order valence-corrected chi connectivity index (χ4v) is 2.33. The van der Waals surface area contributed by atoms with Crippen LogP contribution in [0.1, 0.15) is 5.56 Å². The zero-order valence-electron chi connectivity index (χ0n) is 8.51. The van der Waals surface area contributed by atoms with Crippen molar-refractivity contribution in [3.05, 3.63) is 48.2 Å². The zero-order chi connectivity index (χ0) is 10.5. The number of aliphatic imine (C=N–C) groups is 2. The Kier molecular flexibility index (Phi) is 1.33. The zero-order valence-corrected chi connectivity index (χ0v) is 8.51. The van der Waals surface area contributed by atoms with Crippen LogP contribution < -0.4 is 0 Å². The van der Waals surface area contributed by atoms with E-state index in [-0.39, 0.29) is 0 Å². The molecule has 2 aliphatic rings. The van der Waals surface area contributed by atoms with Gasteiger partial charge in [-0.25, -0.2) is 4.99 Å². The van der Waals surface area contributed by atoms with Crippen LogP contribution in [0.15, 0.2) is 52.6 Å². The van der Waals surface area contributed by atoms with Gasteiger partial charge in [-0.15, -0.1) is 0 Å². The van der Waals surface area contributed by atoms with Gasteiger partial charge in [0.2, 0.25) is 0 Å². The molecule has 2 nitrogen and oxygen atoms in total. The van der Waals surface area contributed by atoms with E-state index >= 15 is 0 Å². The molecule has 2 aromatic rings. The van der Waals surface area contributed by atoms with Crippen molar-refractivity contribution in [2.45, 2.75) is 0 Å². The van der Waals surface area contributed by atoms with Gasteiger partial charge in [0.1, 0.15) is 0 Å². The van der Waals surface area contributed by atoms with E-state index in [9.17, 15) is 0 Å². The van der Waals surface area contributed by atoms with Crippen molar-refractivity contribution in [1.29, 1.82) is 0 Å². The molecule has 2 aromatic carbocycles. The Bertz CT molecular complexity index is 706. The smallest absolute Gasteiger partial charge is 0.0914 e. The third kappa shape index (κ3) is 0.865. The molecule has 2 heterocycles. The second kappa shape index (κ2) is 2.67. The molecule has 0 aromatic heterocycles. The van der Waals surface area contributed by atoms with E-state index in [1.165, 1.54) is 16.3 Å². The Balaban J connectivity index is 2.16. The van der Waals surface area contributed by atoms with Gasteiger partial charge in [0, 0.05) is 22.7 Å². The predicted molar refractivity (Wildman–Crippen MR) is 67.5 cm³/mol. The number of fused-ring (bicyclic) bond motifs is 5. The molecule has 0 fully saturated rings. The van der Waals surface area contributed by atoms with Gasteiger partial charge in [0.25, 0.3) is 0 Å². The maximum absolute atomic E-state index is 4.64. The number of nitrogens with zero attached hydrogens (tertiary/aromatic N) is 2. The summed E-state index contributed by atoms with van der Waals surface area (Å²) in [6.07, 6.45) is 3.71. The van der Waals surface area contributed by atoms with Crippen LogP contribution >= 0.6 is 0 Å². The summed E-state index contributed by atoms with van der Waals surface area (Å²) in [7, 11) is 0. The highest BCUT2D eigenvalue weighted by Crippen LogP contribution is 2.40. The van der Waals surface area contributed by atoms with E-state index < -0.39 is 0 Å². The SMILES string of the molecule is C1=NC=C2C1=Nc1c2ccc2ccccc12. The molecule has 2 aliphatic heterocycles. The lowest BCUT2D eigenvalue weighted by molar-refractivity contribution is 1.57. The molecule has 0 radical (unpaired) electrons. The van der Waals surface area contributed by atoms with Gasteiger partial charge < -0.3 is 0 Å². The lowest BCUT2D eigenvalue weighted by atomic mass is 10.0. The van der Waals surface area contributed by atoms with E-state index in [0.717, 1.165) is 17.0 Å². The summed E-state index contributed by atoms with van der Waals surface area (Å²) in [6.45, 7) is 0. The lowest BCUT2D eigenvalue weighted by Gasteiger charge is -2.03. The molecule has 0 spiro atoms. The lowest BCUT2D eigenvalue weighted by Crippen LogP contribution is -1.91. The van der Waals surface area contributed by atoms with E-state index in [4.69, 9.17) is 0 Å².